The van der Waals surface area contributed by atoms with Crippen LogP contribution in [-0.4, -0.2) is 71.3 Å². The largest absolute Gasteiger partial charge is 0.465 e. The van der Waals surface area contributed by atoms with Crippen LogP contribution in [0.5, 0.6) is 0 Å². The molecule has 186 valence electrons. The number of likely N-dealkylation sites (tertiary alicyclic amines) is 1. The highest BCUT2D eigenvalue weighted by atomic mass is 35.5. The van der Waals surface area contributed by atoms with Gasteiger partial charge in [-0.15, -0.1) is 0 Å². The van der Waals surface area contributed by atoms with E-state index < -0.39 is 35.0 Å². The predicted molar refractivity (Wildman–Crippen MR) is 129 cm³/mol. The van der Waals surface area contributed by atoms with Gasteiger partial charge in [0.1, 0.15) is 17.6 Å². The van der Waals surface area contributed by atoms with Gasteiger partial charge in [-0.25, -0.2) is 0 Å². The summed E-state index contributed by atoms with van der Waals surface area (Å²) in [6, 6.07) is 6.02. The van der Waals surface area contributed by atoms with Gasteiger partial charge in [0.25, 0.3) is 5.91 Å². The molecule has 9 heteroatoms. The fourth-order valence-electron chi connectivity index (χ4n) is 6.00. The first-order valence-corrected chi connectivity index (χ1v) is 12.4. The zero-order chi connectivity index (χ0) is 24.8. The lowest BCUT2D eigenvalue weighted by atomic mass is 9.74. The number of amides is 2. The minimum absolute atomic E-state index is 0.140. The number of allylic oxidation sites excluding steroid dienone is 1. The second-order valence-corrected chi connectivity index (χ2v) is 10.0. The maximum absolute atomic E-state index is 14.2. The Balaban J connectivity index is 1.65. The number of hydrogen-bond donors (Lipinski definition) is 1. The molecule has 2 fully saturated rings. The van der Waals surface area contributed by atoms with Crippen LogP contribution in [0.1, 0.15) is 26.2 Å². The van der Waals surface area contributed by atoms with Crippen LogP contribution in [0.15, 0.2) is 48.6 Å². The van der Waals surface area contributed by atoms with Crippen molar-refractivity contribution in [1.29, 1.82) is 0 Å². The summed E-state index contributed by atoms with van der Waals surface area (Å²) in [5.74, 6) is -3.02. The molecule has 2 amide bonds. The van der Waals surface area contributed by atoms with Crippen LogP contribution < -0.4 is 4.90 Å². The summed E-state index contributed by atoms with van der Waals surface area (Å²) in [5.41, 5.74) is -1.95. The smallest absolute Gasteiger partial charge is 0.313 e. The zero-order valence-electron chi connectivity index (χ0n) is 19.6. The number of hydrogen-bond acceptors (Lipinski definition) is 6. The SMILES string of the molecule is C[C@]12/C=C\CCCOC(=O)[C@H]1[C@H]1C(=O)N(CCCO)C3C(=O)N(c4ccccc4Cl)CC=C[C@@]31O2. The lowest BCUT2D eigenvalue weighted by Gasteiger charge is -2.37. The molecule has 0 radical (unpaired) electrons. The molecule has 4 aliphatic rings. The number of rotatable bonds is 4. The number of ether oxygens (including phenoxy) is 2. The normalized spacial score (nSPS) is 35.4. The Hall–Kier alpha value is -2.68. The van der Waals surface area contributed by atoms with Gasteiger partial charge in [0.2, 0.25) is 5.91 Å². The summed E-state index contributed by atoms with van der Waals surface area (Å²) in [7, 11) is 0. The number of esters is 1. The summed E-state index contributed by atoms with van der Waals surface area (Å²) >= 11 is 6.44. The van der Waals surface area contributed by atoms with Crippen molar-refractivity contribution in [3.05, 3.63) is 53.6 Å². The highest BCUT2D eigenvalue weighted by Crippen LogP contribution is 2.57. The molecular formula is C26H29ClN2O6. The van der Waals surface area contributed by atoms with Gasteiger partial charge in [-0.1, -0.05) is 48.0 Å². The quantitative estimate of drug-likeness (QED) is 0.504. The van der Waals surface area contributed by atoms with Crippen LogP contribution in [0.25, 0.3) is 0 Å². The minimum Gasteiger partial charge on any atom is -0.465 e. The first-order chi connectivity index (χ1) is 16.8. The number of anilines is 1. The molecule has 1 N–H and O–H groups in total. The predicted octanol–water partition coefficient (Wildman–Crippen LogP) is 2.49. The molecule has 35 heavy (non-hydrogen) atoms. The van der Waals surface area contributed by atoms with Crippen molar-refractivity contribution < 1.29 is 29.0 Å². The summed E-state index contributed by atoms with van der Waals surface area (Å²) in [5, 5.41) is 9.90. The number of aliphatic hydroxyl groups excluding tert-OH is 1. The van der Waals surface area contributed by atoms with E-state index in [9.17, 15) is 19.5 Å². The summed E-state index contributed by atoms with van der Waals surface area (Å²) in [6.07, 6.45) is 9.07. The Morgan fingerprint density at radius 1 is 1.11 bits per heavy atom. The molecule has 1 unspecified atom stereocenters. The van der Waals surface area contributed by atoms with Crippen LogP contribution in [0.4, 0.5) is 5.69 Å². The van der Waals surface area contributed by atoms with Gasteiger partial charge in [-0.2, -0.15) is 0 Å². The number of carbonyl (C=O) groups excluding carboxylic acids is 3. The molecule has 0 aliphatic carbocycles. The maximum atomic E-state index is 14.2. The van der Waals surface area contributed by atoms with Gasteiger partial charge in [0.15, 0.2) is 0 Å². The number of benzene rings is 1. The lowest BCUT2D eigenvalue weighted by Crippen LogP contribution is -2.56. The highest BCUT2D eigenvalue weighted by Gasteiger charge is 2.74. The van der Waals surface area contributed by atoms with Gasteiger partial charge in [0.05, 0.1) is 28.8 Å². The van der Waals surface area contributed by atoms with E-state index in [0.29, 0.717) is 30.0 Å². The van der Waals surface area contributed by atoms with Gasteiger partial charge in [-0.3, -0.25) is 14.4 Å². The van der Waals surface area contributed by atoms with E-state index in [1.54, 1.807) is 48.2 Å². The fourth-order valence-corrected chi connectivity index (χ4v) is 6.24. The molecule has 0 aromatic heterocycles. The molecule has 1 spiro atoms. The molecule has 5 rings (SSSR count). The molecule has 8 nitrogen and oxygen atoms in total. The van der Waals surface area contributed by atoms with Crippen molar-refractivity contribution in [2.45, 2.75) is 43.4 Å². The van der Waals surface area contributed by atoms with Crippen LogP contribution in [0.3, 0.4) is 0 Å². The summed E-state index contributed by atoms with van der Waals surface area (Å²) in [4.78, 5) is 44.4. The van der Waals surface area contributed by atoms with E-state index in [1.807, 2.05) is 12.2 Å². The molecule has 1 aromatic carbocycles. The van der Waals surface area contributed by atoms with Gasteiger partial charge in [0, 0.05) is 19.7 Å². The van der Waals surface area contributed by atoms with E-state index in [-0.39, 0.29) is 38.1 Å². The second-order valence-electron chi connectivity index (χ2n) is 9.62. The molecule has 0 bridgehead atoms. The Morgan fingerprint density at radius 2 is 1.91 bits per heavy atom. The van der Waals surface area contributed by atoms with Crippen molar-refractivity contribution in [3.8, 4) is 0 Å². The van der Waals surface area contributed by atoms with Crippen LogP contribution in [-0.2, 0) is 23.9 Å². The first kappa shape index (κ1) is 24.0. The topological polar surface area (TPSA) is 96.4 Å². The van der Waals surface area contributed by atoms with Crippen LogP contribution in [0.2, 0.25) is 5.02 Å². The Bertz CT molecular complexity index is 1110. The average Bonchev–Trinajstić information content (AvgIpc) is 3.17. The molecule has 0 saturated carbocycles. The monoisotopic (exact) mass is 500 g/mol. The third kappa shape index (κ3) is 3.70. The standard InChI is InChI=1S/C26H29ClN2O6/c1-25-11-5-2-6-16-34-24(33)20(25)19-22(31)29(14-8-15-30)21-23(32)28(13-7-12-26(19,21)35-25)18-10-4-3-9-17(18)27/h3-5,7,9-12,19-21,30H,2,6,8,13-16H2,1H3/b11-5-/t19-,20+,21?,25-,26-/m0/s1. The van der Waals surface area contributed by atoms with Crippen molar-refractivity contribution in [3.63, 3.8) is 0 Å². The number of cyclic esters (lactones) is 1. The van der Waals surface area contributed by atoms with E-state index in [1.165, 1.54) is 4.90 Å². The van der Waals surface area contributed by atoms with E-state index in [0.717, 1.165) is 0 Å². The maximum Gasteiger partial charge on any atom is 0.313 e. The van der Waals surface area contributed by atoms with Crippen molar-refractivity contribution in [1.82, 2.24) is 4.90 Å². The second kappa shape index (κ2) is 9.08. The van der Waals surface area contributed by atoms with Gasteiger partial charge >= 0.3 is 5.97 Å². The van der Waals surface area contributed by atoms with Crippen LogP contribution >= 0.6 is 11.6 Å². The minimum atomic E-state index is -1.36. The molecule has 1 aromatic rings. The molecule has 2 saturated heterocycles. The Kier molecular flexibility index (Phi) is 6.23. The number of para-hydroxylation sites is 1. The molecule has 5 atom stereocenters. The first-order valence-electron chi connectivity index (χ1n) is 12.0. The molecular weight excluding hydrogens is 472 g/mol. The van der Waals surface area contributed by atoms with Crippen molar-refractivity contribution in [2.24, 2.45) is 11.8 Å². The number of halogens is 1. The average molecular weight is 501 g/mol. The number of aliphatic hydroxyl groups is 1. The lowest BCUT2D eigenvalue weighted by molar-refractivity contribution is -0.158. The molecule has 4 heterocycles. The van der Waals surface area contributed by atoms with Crippen LogP contribution in [0, 0.1) is 11.8 Å². The fraction of sp³-hybridized carbons (Fsp3) is 0.500. The van der Waals surface area contributed by atoms with E-state index in [4.69, 9.17) is 21.1 Å². The summed E-state index contributed by atoms with van der Waals surface area (Å²) < 4.78 is 12.2. The Labute approximate surface area is 209 Å². The highest BCUT2D eigenvalue weighted by molar-refractivity contribution is 6.34. The van der Waals surface area contributed by atoms with Gasteiger partial charge < -0.3 is 24.4 Å². The number of nitrogens with zero attached hydrogens (tertiary/aromatic N) is 2. The summed E-state index contributed by atoms with van der Waals surface area (Å²) in [6.45, 7) is 2.30. The number of carbonyl (C=O) groups is 3. The van der Waals surface area contributed by atoms with Crippen molar-refractivity contribution in [2.75, 3.05) is 31.2 Å². The third-order valence-corrected chi connectivity index (χ3v) is 7.77. The van der Waals surface area contributed by atoms with Gasteiger partial charge in [-0.05, 0) is 38.3 Å². The zero-order valence-corrected chi connectivity index (χ0v) is 20.3. The van der Waals surface area contributed by atoms with E-state index >= 15 is 0 Å². The third-order valence-electron chi connectivity index (χ3n) is 7.45. The number of fused-ring (bicyclic) bond motifs is 2. The van der Waals surface area contributed by atoms with Crippen molar-refractivity contribution >= 4 is 35.1 Å². The molecule has 4 aliphatic heterocycles. The van der Waals surface area contributed by atoms with E-state index in [2.05, 4.69) is 0 Å². The Morgan fingerprint density at radius 3 is 2.69 bits per heavy atom.